The van der Waals surface area contributed by atoms with E-state index in [0.29, 0.717) is 17.8 Å². The van der Waals surface area contributed by atoms with E-state index in [2.05, 4.69) is 5.32 Å². The molecule has 1 aromatic rings. The summed E-state index contributed by atoms with van der Waals surface area (Å²) in [4.78, 5) is 27.4. The quantitative estimate of drug-likeness (QED) is 0.885. The summed E-state index contributed by atoms with van der Waals surface area (Å²) >= 11 is 1.40. The molecule has 2 heterocycles. The van der Waals surface area contributed by atoms with Gasteiger partial charge in [-0.2, -0.15) is 0 Å². The smallest absolute Gasteiger partial charge is 0.264 e. The normalized spacial score (nSPS) is 20.2. The summed E-state index contributed by atoms with van der Waals surface area (Å²) in [5.74, 6) is -0.242. The zero-order chi connectivity index (χ0) is 17.0. The summed E-state index contributed by atoms with van der Waals surface area (Å²) < 4.78 is 0. The molecule has 0 aliphatic carbocycles. The number of nitrogens with one attached hydrogen (secondary N) is 1. The fraction of sp³-hybridized carbons (Fsp3) is 0.647. The maximum Gasteiger partial charge on any atom is 0.264 e. The average molecular weight is 338 g/mol. The Labute approximate surface area is 141 Å². The molecule has 2 unspecified atom stereocenters. The van der Waals surface area contributed by atoms with Crippen LogP contribution in [0.4, 0.5) is 0 Å². The van der Waals surface area contributed by atoms with Gasteiger partial charge >= 0.3 is 0 Å². The second kappa shape index (κ2) is 7.45. The monoisotopic (exact) mass is 338 g/mol. The molecule has 0 saturated carbocycles. The molecule has 1 aliphatic rings. The first-order chi connectivity index (χ1) is 10.8. The fourth-order valence-electron chi connectivity index (χ4n) is 2.61. The van der Waals surface area contributed by atoms with Gasteiger partial charge in [0, 0.05) is 13.1 Å². The van der Waals surface area contributed by atoms with E-state index in [1.807, 2.05) is 32.2 Å². The van der Waals surface area contributed by atoms with Crippen molar-refractivity contribution in [1.29, 1.82) is 0 Å². The number of rotatable bonds is 4. The number of carbonyl (C=O) groups excluding carboxylic acids is 2. The van der Waals surface area contributed by atoms with Crippen LogP contribution in [0, 0.1) is 5.41 Å². The van der Waals surface area contributed by atoms with E-state index in [9.17, 15) is 14.7 Å². The van der Waals surface area contributed by atoms with Crippen molar-refractivity contribution in [3.05, 3.63) is 22.4 Å². The van der Waals surface area contributed by atoms with Crippen molar-refractivity contribution in [2.45, 2.75) is 52.2 Å². The number of hydrogen-bond acceptors (Lipinski definition) is 4. The molecule has 128 valence electrons. The van der Waals surface area contributed by atoms with Gasteiger partial charge in [-0.25, -0.2) is 0 Å². The maximum atomic E-state index is 12.6. The molecule has 0 radical (unpaired) electrons. The lowest BCUT2D eigenvalue weighted by Gasteiger charge is -2.35. The lowest BCUT2D eigenvalue weighted by Crippen LogP contribution is -2.53. The average Bonchev–Trinajstić information content (AvgIpc) is 3.05. The number of aliphatic hydroxyl groups excluding tert-OH is 1. The van der Waals surface area contributed by atoms with Gasteiger partial charge in [0.05, 0.1) is 11.0 Å². The SMILES string of the molecule is CC(C)(C)C(O)CNC(=O)C1CCCCN1C(=O)c1cccs1. The van der Waals surface area contributed by atoms with Crippen LogP contribution < -0.4 is 5.32 Å². The molecule has 0 aromatic carbocycles. The van der Waals surface area contributed by atoms with E-state index in [0.717, 1.165) is 12.8 Å². The van der Waals surface area contributed by atoms with Crippen molar-refractivity contribution in [2.75, 3.05) is 13.1 Å². The first-order valence-corrected chi connectivity index (χ1v) is 8.99. The van der Waals surface area contributed by atoms with E-state index < -0.39 is 12.1 Å². The highest BCUT2D eigenvalue weighted by Crippen LogP contribution is 2.22. The Balaban J connectivity index is 2.00. The Bertz CT molecular complexity index is 537. The third-order valence-electron chi connectivity index (χ3n) is 4.27. The topological polar surface area (TPSA) is 69.6 Å². The van der Waals surface area contributed by atoms with Crippen molar-refractivity contribution >= 4 is 23.2 Å². The molecule has 0 spiro atoms. The first-order valence-electron chi connectivity index (χ1n) is 8.11. The van der Waals surface area contributed by atoms with Gasteiger partial charge in [0.1, 0.15) is 6.04 Å². The number of hydrogen-bond donors (Lipinski definition) is 2. The number of carbonyl (C=O) groups is 2. The van der Waals surface area contributed by atoms with Crippen LogP contribution in [0.5, 0.6) is 0 Å². The summed E-state index contributed by atoms with van der Waals surface area (Å²) in [7, 11) is 0. The minimum absolute atomic E-state index is 0.0729. The summed E-state index contributed by atoms with van der Waals surface area (Å²) in [5, 5.41) is 14.7. The highest BCUT2D eigenvalue weighted by molar-refractivity contribution is 7.12. The second-order valence-electron chi connectivity index (χ2n) is 7.11. The summed E-state index contributed by atoms with van der Waals surface area (Å²) in [6.45, 7) is 6.60. The zero-order valence-corrected chi connectivity index (χ0v) is 14.9. The summed E-state index contributed by atoms with van der Waals surface area (Å²) in [5.41, 5.74) is -0.285. The minimum atomic E-state index is -0.614. The molecule has 5 nitrogen and oxygen atoms in total. The highest BCUT2D eigenvalue weighted by Gasteiger charge is 2.33. The predicted octanol–water partition coefficient (Wildman–Crippen LogP) is 2.27. The molecule has 1 saturated heterocycles. The number of likely N-dealkylation sites (tertiary alicyclic amines) is 1. The van der Waals surface area contributed by atoms with Gasteiger partial charge in [-0.1, -0.05) is 26.8 Å². The third kappa shape index (κ3) is 4.54. The fourth-order valence-corrected chi connectivity index (χ4v) is 3.29. The van der Waals surface area contributed by atoms with Crippen LogP contribution in [-0.4, -0.2) is 47.1 Å². The molecule has 1 fully saturated rings. The molecular formula is C17H26N2O3S. The second-order valence-corrected chi connectivity index (χ2v) is 8.06. The van der Waals surface area contributed by atoms with Crippen molar-refractivity contribution in [3.8, 4) is 0 Å². The van der Waals surface area contributed by atoms with E-state index in [-0.39, 0.29) is 23.8 Å². The molecule has 0 bridgehead atoms. The zero-order valence-electron chi connectivity index (χ0n) is 14.0. The Morgan fingerprint density at radius 3 is 2.78 bits per heavy atom. The van der Waals surface area contributed by atoms with E-state index in [1.165, 1.54) is 11.3 Å². The Hall–Kier alpha value is -1.40. The standard InChI is InChI=1S/C17H26N2O3S/c1-17(2,3)14(20)11-18-15(21)12-7-4-5-9-19(12)16(22)13-8-6-10-23-13/h6,8,10,12,14,20H,4-5,7,9,11H2,1-3H3,(H,18,21). The van der Waals surface area contributed by atoms with Crippen LogP contribution in [0.3, 0.4) is 0 Å². The molecule has 1 aromatic heterocycles. The van der Waals surface area contributed by atoms with Crippen molar-refractivity contribution < 1.29 is 14.7 Å². The molecule has 2 amide bonds. The van der Waals surface area contributed by atoms with Crippen LogP contribution in [0.2, 0.25) is 0 Å². The molecule has 23 heavy (non-hydrogen) atoms. The minimum Gasteiger partial charge on any atom is -0.391 e. The van der Waals surface area contributed by atoms with Gasteiger partial charge in [0.15, 0.2) is 0 Å². The van der Waals surface area contributed by atoms with Crippen molar-refractivity contribution in [3.63, 3.8) is 0 Å². The molecular weight excluding hydrogens is 312 g/mol. The van der Waals surface area contributed by atoms with Crippen LogP contribution in [0.15, 0.2) is 17.5 Å². The van der Waals surface area contributed by atoms with Crippen molar-refractivity contribution in [2.24, 2.45) is 5.41 Å². The molecule has 2 atom stereocenters. The summed E-state index contributed by atoms with van der Waals surface area (Å²) in [6.07, 6.45) is 1.92. The van der Waals surface area contributed by atoms with E-state index in [1.54, 1.807) is 11.0 Å². The third-order valence-corrected chi connectivity index (χ3v) is 5.13. The van der Waals surface area contributed by atoms with Gasteiger partial charge < -0.3 is 15.3 Å². The highest BCUT2D eigenvalue weighted by atomic mass is 32.1. The van der Waals surface area contributed by atoms with Gasteiger partial charge in [-0.15, -0.1) is 11.3 Å². The number of nitrogens with zero attached hydrogens (tertiary/aromatic N) is 1. The van der Waals surface area contributed by atoms with Gasteiger partial charge in [0.2, 0.25) is 5.91 Å². The number of thiophene rings is 1. The number of piperidine rings is 1. The molecule has 2 rings (SSSR count). The Kier molecular flexibility index (Phi) is 5.81. The predicted molar refractivity (Wildman–Crippen MR) is 91.5 cm³/mol. The van der Waals surface area contributed by atoms with Gasteiger partial charge in [-0.05, 0) is 36.1 Å². The Morgan fingerprint density at radius 2 is 2.17 bits per heavy atom. The summed E-state index contributed by atoms with van der Waals surface area (Å²) in [6, 6.07) is 3.20. The number of aliphatic hydroxyl groups is 1. The lowest BCUT2D eigenvalue weighted by atomic mass is 9.89. The molecule has 1 aliphatic heterocycles. The van der Waals surface area contributed by atoms with Crippen LogP contribution in [0.25, 0.3) is 0 Å². The van der Waals surface area contributed by atoms with Crippen molar-refractivity contribution in [1.82, 2.24) is 10.2 Å². The van der Waals surface area contributed by atoms with Gasteiger partial charge in [-0.3, -0.25) is 9.59 Å². The number of amides is 2. The first kappa shape index (κ1) is 17.9. The van der Waals surface area contributed by atoms with Gasteiger partial charge in [0.25, 0.3) is 5.91 Å². The van der Waals surface area contributed by atoms with E-state index in [4.69, 9.17) is 0 Å². The molecule has 2 N–H and O–H groups in total. The van der Waals surface area contributed by atoms with Crippen LogP contribution in [-0.2, 0) is 4.79 Å². The molecule has 6 heteroatoms. The maximum absolute atomic E-state index is 12.6. The Morgan fingerprint density at radius 1 is 1.43 bits per heavy atom. The van der Waals surface area contributed by atoms with Crippen LogP contribution in [0.1, 0.15) is 49.7 Å². The van der Waals surface area contributed by atoms with E-state index >= 15 is 0 Å². The van der Waals surface area contributed by atoms with Crippen LogP contribution >= 0.6 is 11.3 Å². The lowest BCUT2D eigenvalue weighted by molar-refractivity contribution is -0.127. The largest absolute Gasteiger partial charge is 0.391 e.